The highest BCUT2D eigenvalue weighted by Gasteiger charge is 2.30. The quantitative estimate of drug-likeness (QED) is 0.236. The molecule has 7 nitrogen and oxygen atoms in total. The first kappa shape index (κ1) is 29.0. The Morgan fingerprint density at radius 1 is 1.05 bits per heavy atom. The summed E-state index contributed by atoms with van der Waals surface area (Å²) < 4.78 is 47.4. The molecule has 0 aliphatic carbocycles. The fraction of sp³-hybridized carbons (Fsp3) is 0.276. The molecule has 210 valence electrons. The monoisotopic (exact) mass is 571 g/mol. The number of carboxylic acid groups (broad SMARTS) is 1. The first-order chi connectivity index (χ1) is 18.9. The molecule has 2 unspecified atom stereocenters. The van der Waals surface area contributed by atoms with E-state index in [1.165, 1.54) is 28.5 Å². The zero-order valence-corrected chi connectivity index (χ0v) is 23.1. The fourth-order valence-electron chi connectivity index (χ4n) is 4.14. The lowest BCUT2D eigenvalue weighted by atomic mass is 10.1. The molecule has 4 aromatic rings. The molecule has 1 aromatic heterocycles. The summed E-state index contributed by atoms with van der Waals surface area (Å²) in [6.45, 7) is 5.46. The number of nitrogens with zero attached hydrogens (tertiary/aromatic N) is 3. The van der Waals surface area contributed by atoms with Gasteiger partial charge in [0, 0.05) is 11.9 Å². The van der Waals surface area contributed by atoms with E-state index < -0.39 is 34.8 Å². The van der Waals surface area contributed by atoms with E-state index in [4.69, 9.17) is 4.74 Å². The predicted molar refractivity (Wildman–Crippen MR) is 146 cm³/mol. The van der Waals surface area contributed by atoms with Crippen molar-refractivity contribution >= 4 is 17.7 Å². The summed E-state index contributed by atoms with van der Waals surface area (Å²) in [4.78, 5) is 25.5. The van der Waals surface area contributed by atoms with Crippen molar-refractivity contribution in [1.82, 2.24) is 14.3 Å². The lowest BCUT2D eigenvalue weighted by Gasteiger charge is -2.20. The number of thioether (sulfide) groups is 1. The normalized spacial score (nSPS) is 13.2. The van der Waals surface area contributed by atoms with Gasteiger partial charge in [0.25, 0.3) is 0 Å². The number of alkyl halides is 3. The van der Waals surface area contributed by atoms with E-state index in [2.05, 4.69) is 5.10 Å². The average molecular weight is 572 g/mol. The van der Waals surface area contributed by atoms with Crippen molar-refractivity contribution in [1.29, 1.82) is 0 Å². The summed E-state index contributed by atoms with van der Waals surface area (Å²) in [6, 6.07) is 17.4. The van der Waals surface area contributed by atoms with E-state index in [9.17, 15) is 27.9 Å². The number of ether oxygens (including phenoxy) is 1. The van der Waals surface area contributed by atoms with Gasteiger partial charge < -0.3 is 9.84 Å². The van der Waals surface area contributed by atoms with E-state index in [1.54, 1.807) is 20.0 Å². The number of carbonyl (C=O) groups is 1. The highest BCUT2D eigenvalue weighted by molar-refractivity contribution is 7.99. The number of rotatable bonds is 9. The van der Waals surface area contributed by atoms with Crippen LogP contribution in [-0.4, -0.2) is 31.5 Å². The van der Waals surface area contributed by atoms with Crippen molar-refractivity contribution in [2.75, 3.05) is 0 Å². The second-order valence-corrected chi connectivity index (χ2v) is 10.4. The Morgan fingerprint density at radius 2 is 1.70 bits per heavy atom. The Kier molecular flexibility index (Phi) is 8.43. The van der Waals surface area contributed by atoms with Gasteiger partial charge in [-0.15, -0.1) is 16.9 Å². The van der Waals surface area contributed by atoms with Crippen LogP contribution in [0.25, 0.3) is 5.69 Å². The van der Waals surface area contributed by atoms with Crippen molar-refractivity contribution in [2.24, 2.45) is 7.05 Å². The van der Waals surface area contributed by atoms with Gasteiger partial charge in [0.05, 0.1) is 16.5 Å². The lowest BCUT2D eigenvalue weighted by molar-refractivity contribution is -0.145. The number of hydrogen-bond acceptors (Lipinski definition) is 5. The van der Waals surface area contributed by atoms with Gasteiger partial charge >= 0.3 is 17.8 Å². The first-order valence-electron chi connectivity index (χ1n) is 12.5. The van der Waals surface area contributed by atoms with Gasteiger partial charge in [-0.3, -0.25) is 4.57 Å². The van der Waals surface area contributed by atoms with E-state index in [1.807, 2.05) is 50.2 Å². The highest BCUT2D eigenvalue weighted by Crippen LogP contribution is 2.42. The first-order valence-corrected chi connectivity index (χ1v) is 13.3. The van der Waals surface area contributed by atoms with Gasteiger partial charge in [-0.05, 0) is 73.4 Å². The lowest BCUT2D eigenvalue weighted by Crippen LogP contribution is -2.26. The Morgan fingerprint density at radius 3 is 2.27 bits per heavy atom. The molecular weight excluding hydrogens is 543 g/mol. The molecule has 0 aliphatic rings. The molecule has 0 bridgehead atoms. The second-order valence-electron chi connectivity index (χ2n) is 9.30. The molecule has 0 fully saturated rings. The minimum atomic E-state index is -4.49. The topological polar surface area (TPSA) is 86.4 Å². The van der Waals surface area contributed by atoms with Crippen molar-refractivity contribution in [2.45, 2.75) is 49.6 Å². The smallest absolute Gasteiger partial charge is 0.416 e. The van der Waals surface area contributed by atoms with Crippen LogP contribution in [-0.2, 0) is 18.0 Å². The van der Waals surface area contributed by atoms with Gasteiger partial charge in [-0.25, -0.2) is 9.59 Å². The Bertz CT molecular complexity index is 1560. The van der Waals surface area contributed by atoms with Crippen molar-refractivity contribution in [3.8, 4) is 11.4 Å². The van der Waals surface area contributed by atoms with Gasteiger partial charge in [0.1, 0.15) is 5.75 Å². The third-order valence-electron chi connectivity index (χ3n) is 6.42. The number of benzene rings is 3. The van der Waals surface area contributed by atoms with Crippen LogP contribution in [0.4, 0.5) is 13.2 Å². The maximum Gasteiger partial charge on any atom is 0.416 e. The predicted octanol–water partition coefficient (Wildman–Crippen LogP) is 6.33. The number of aromatic nitrogens is 3. The van der Waals surface area contributed by atoms with Crippen LogP contribution in [0, 0.1) is 13.8 Å². The van der Waals surface area contributed by atoms with Crippen molar-refractivity contribution in [3.63, 3.8) is 0 Å². The molecule has 11 heteroatoms. The second kappa shape index (κ2) is 11.6. The summed E-state index contributed by atoms with van der Waals surface area (Å²) in [5, 5.41) is 13.5. The van der Waals surface area contributed by atoms with E-state index in [0.29, 0.717) is 18.0 Å². The van der Waals surface area contributed by atoms with Gasteiger partial charge in [-0.2, -0.15) is 17.9 Å². The van der Waals surface area contributed by atoms with Gasteiger partial charge in [0.15, 0.2) is 11.9 Å². The Balaban J connectivity index is 1.74. The number of aliphatic carboxylic acids is 1. The summed E-state index contributed by atoms with van der Waals surface area (Å²) in [5.41, 5.74) is 1.38. The molecule has 4 rings (SSSR count). The molecule has 2 atom stereocenters. The maximum absolute atomic E-state index is 13.2. The van der Waals surface area contributed by atoms with Gasteiger partial charge in [0.2, 0.25) is 0 Å². The third kappa shape index (κ3) is 6.09. The maximum atomic E-state index is 13.2. The van der Waals surface area contributed by atoms with Crippen LogP contribution in [0.3, 0.4) is 0 Å². The molecule has 0 amide bonds. The molecule has 0 aliphatic heterocycles. The Labute approximate surface area is 233 Å². The summed E-state index contributed by atoms with van der Waals surface area (Å²) in [6.07, 6.45) is -5.14. The van der Waals surface area contributed by atoms with Crippen LogP contribution in [0.2, 0.25) is 0 Å². The van der Waals surface area contributed by atoms with E-state index in [-0.39, 0.29) is 5.69 Å². The van der Waals surface area contributed by atoms with Crippen molar-refractivity contribution < 1.29 is 27.8 Å². The van der Waals surface area contributed by atoms with Crippen LogP contribution in [0.15, 0.2) is 76.4 Å². The number of carboxylic acids is 1. The van der Waals surface area contributed by atoms with Crippen LogP contribution in [0.5, 0.6) is 5.75 Å². The Hall–Kier alpha value is -3.99. The molecule has 0 saturated carbocycles. The fourth-order valence-corrected chi connectivity index (χ4v) is 5.49. The molecule has 0 saturated heterocycles. The third-order valence-corrected chi connectivity index (χ3v) is 7.84. The van der Waals surface area contributed by atoms with E-state index >= 15 is 0 Å². The standard InChI is InChI=1S/C29H28F3N3O4S/c1-5-22(27(36)37)39-23-15-18(3)24(16-17(23)2)40-25(19-9-7-6-8-10-19)26-33-35(28(38)34(26)4)21-13-11-20(12-14-21)29(30,31)32/h6-16,22,25H,5H2,1-4H3,(H,36,37). The molecular formula is C29H28F3N3O4S. The summed E-state index contributed by atoms with van der Waals surface area (Å²) in [5.74, 6) is -0.145. The summed E-state index contributed by atoms with van der Waals surface area (Å²) in [7, 11) is 1.58. The summed E-state index contributed by atoms with van der Waals surface area (Å²) >= 11 is 1.46. The van der Waals surface area contributed by atoms with Crippen molar-refractivity contribution in [3.05, 3.63) is 105 Å². The van der Waals surface area contributed by atoms with Crippen LogP contribution < -0.4 is 10.4 Å². The zero-order chi connectivity index (χ0) is 29.2. The minimum absolute atomic E-state index is 0.217. The largest absolute Gasteiger partial charge is 0.479 e. The van der Waals surface area contributed by atoms with Crippen LogP contribution in [0.1, 0.15) is 46.7 Å². The molecule has 1 N–H and O–H groups in total. The molecule has 3 aromatic carbocycles. The molecule has 0 radical (unpaired) electrons. The molecule has 1 heterocycles. The number of hydrogen-bond donors (Lipinski definition) is 1. The van der Waals surface area contributed by atoms with Crippen LogP contribution >= 0.6 is 11.8 Å². The average Bonchev–Trinajstić information content (AvgIpc) is 3.21. The SMILES string of the molecule is CCC(Oc1cc(C)c(SC(c2ccccc2)c2nn(-c3ccc(C(F)(F)F)cc3)c(=O)n2C)cc1C)C(=O)O. The number of aryl methyl sites for hydroxylation is 2. The van der Waals surface area contributed by atoms with E-state index in [0.717, 1.165) is 38.4 Å². The molecule has 0 spiro atoms. The molecule has 40 heavy (non-hydrogen) atoms. The minimum Gasteiger partial charge on any atom is -0.479 e. The zero-order valence-electron chi connectivity index (χ0n) is 22.3. The highest BCUT2D eigenvalue weighted by atomic mass is 32.2. The van der Waals surface area contributed by atoms with Gasteiger partial charge in [-0.1, -0.05) is 37.3 Å². The number of halogens is 3.